The molecule has 150 valence electrons. The van der Waals surface area contributed by atoms with Crippen molar-refractivity contribution in [2.75, 3.05) is 31.5 Å². The molecule has 2 heterocycles. The molecule has 7 heteroatoms. The van der Waals surface area contributed by atoms with Crippen LogP contribution in [0.1, 0.15) is 11.5 Å². The van der Waals surface area contributed by atoms with Gasteiger partial charge in [-0.3, -0.25) is 4.90 Å². The highest BCUT2D eigenvalue weighted by Crippen LogP contribution is 2.22. The molecule has 1 fully saturated rings. The standard InChI is InChI=1S/C22H23FN4O2/c1-16-20(25-21(29-16)17-5-3-2-4-6-17)15-26-11-13-27(14-12-26)22(28)24-19-9-7-18(23)8-10-19/h2-10H,11-15H2,1H3,(H,24,28). The summed E-state index contributed by atoms with van der Waals surface area (Å²) in [7, 11) is 0. The second kappa shape index (κ2) is 8.45. The van der Waals surface area contributed by atoms with Gasteiger partial charge < -0.3 is 14.6 Å². The molecule has 1 N–H and O–H groups in total. The van der Waals surface area contributed by atoms with E-state index in [2.05, 4.69) is 15.2 Å². The van der Waals surface area contributed by atoms with Crippen LogP contribution in [0, 0.1) is 12.7 Å². The zero-order valence-corrected chi connectivity index (χ0v) is 16.3. The average molecular weight is 394 g/mol. The smallest absolute Gasteiger partial charge is 0.321 e. The van der Waals surface area contributed by atoms with Crippen molar-refractivity contribution < 1.29 is 13.6 Å². The highest BCUT2D eigenvalue weighted by molar-refractivity contribution is 5.89. The Morgan fingerprint density at radius 3 is 2.45 bits per heavy atom. The van der Waals surface area contributed by atoms with Crippen LogP contribution in [-0.2, 0) is 6.54 Å². The lowest BCUT2D eigenvalue weighted by Gasteiger charge is -2.34. The molecule has 0 spiro atoms. The first-order valence-electron chi connectivity index (χ1n) is 9.64. The van der Waals surface area contributed by atoms with E-state index in [0.717, 1.165) is 30.1 Å². The number of aryl methyl sites for hydroxylation is 1. The van der Waals surface area contributed by atoms with Gasteiger partial charge in [-0.15, -0.1) is 0 Å². The number of rotatable bonds is 4. The van der Waals surface area contributed by atoms with Crippen molar-refractivity contribution in [3.63, 3.8) is 0 Å². The first-order chi connectivity index (χ1) is 14.1. The van der Waals surface area contributed by atoms with Gasteiger partial charge in [-0.05, 0) is 43.3 Å². The van der Waals surface area contributed by atoms with Crippen LogP contribution in [0.3, 0.4) is 0 Å². The van der Waals surface area contributed by atoms with E-state index in [-0.39, 0.29) is 11.8 Å². The largest absolute Gasteiger partial charge is 0.441 e. The van der Waals surface area contributed by atoms with E-state index in [9.17, 15) is 9.18 Å². The maximum atomic E-state index is 13.0. The molecule has 0 aliphatic carbocycles. The van der Waals surface area contributed by atoms with Crippen molar-refractivity contribution in [1.29, 1.82) is 0 Å². The molecule has 1 aromatic heterocycles. The molecule has 6 nitrogen and oxygen atoms in total. The van der Waals surface area contributed by atoms with Crippen LogP contribution < -0.4 is 5.32 Å². The predicted molar refractivity (Wildman–Crippen MR) is 109 cm³/mol. The third-order valence-electron chi connectivity index (χ3n) is 5.04. The van der Waals surface area contributed by atoms with Gasteiger partial charge in [0, 0.05) is 44.0 Å². The second-order valence-corrected chi connectivity index (χ2v) is 7.09. The van der Waals surface area contributed by atoms with E-state index in [4.69, 9.17) is 4.42 Å². The number of piperazine rings is 1. The van der Waals surface area contributed by atoms with Gasteiger partial charge in [0.25, 0.3) is 0 Å². The summed E-state index contributed by atoms with van der Waals surface area (Å²) in [6.07, 6.45) is 0. The Kier molecular flexibility index (Phi) is 5.57. The van der Waals surface area contributed by atoms with Crippen LogP contribution in [0.5, 0.6) is 0 Å². The van der Waals surface area contributed by atoms with Gasteiger partial charge >= 0.3 is 6.03 Å². The molecule has 2 aromatic carbocycles. The number of aromatic nitrogens is 1. The fourth-order valence-corrected chi connectivity index (χ4v) is 3.34. The second-order valence-electron chi connectivity index (χ2n) is 7.09. The van der Waals surface area contributed by atoms with Crippen LogP contribution in [-0.4, -0.2) is 47.0 Å². The number of halogens is 1. The van der Waals surface area contributed by atoms with Crippen LogP contribution in [0.2, 0.25) is 0 Å². The fourth-order valence-electron chi connectivity index (χ4n) is 3.34. The summed E-state index contributed by atoms with van der Waals surface area (Å²) in [6.45, 7) is 5.37. The Balaban J connectivity index is 1.31. The molecular formula is C22H23FN4O2. The molecule has 1 aliphatic rings. The van der Waals surface area contributed by atoms with E-state index in [1.807, 2.05) is 37.3 Å². The number of hydrogen-bond acceptors (Lipinski definition) is 4. The first kappa shape index (κ1) is 19.1. The SMILES string of the molecule is Cc1oc(-c2ccccc2)nc1CN1CCN(C(=O)Nc2ccc(F)cc2)CC1. The zero-order valence-electron chi connectivity index (χ0n) is 16.3. The van der Waals surface area contributed by atoms with Gasteiger partial charge in [0.15, 0.2) is 0 Å². The number of amides is 2. The lowest BCUT2D eigenvalue weighted by Crippen LogP contribution is -2.49. The topological polar surface area (TPSA) is 61.6 Å². The Morgan fingerprint density at radius 2 is 1.76 bits per heavy atom. The minimum atomic E-state index is -0.324. The van der Waals surface area contributed by atoms with Crippen molar-refractivity contribution in [2.24, 2.45) is 0 Å². The fraction of sp³-hybridized carbons (Fsp3) is 0.273. The van der Waals surface area contributed by atoms with Gasteiger partial charge in [-0.1, -0.05) is 18.2 Å². The van der Waals surface area contributed by atoms with Gasteiger partial charge in [-0.25, -0.2) is 14.2 Å². The van der Waals surface area contributed by atoms with E-state index in [0.29, 0.717) is 31.2 Å². The van der Waals surface area contributed by atoms with Crippen molar-refractivity contribution in [3.05, 3.63) is 71.9 Å². The predicted octanol–water partition coefficient (Wildman–Crippen LogP) is 4.14. The lowest BCUT2D eigenvalue weighted by molar-refractivity contribution is 0.141. The number of hydrogen-bond donors (Lipinski definition) is 1. The molecule has 4 rings (SSSR count). The molecule has 1 aliphatic heterocycles. The molecule has 0 atom stereocenters. The number of nitrogens with zero attached hydrogens (tertiary/aromatic N) is 3. The number of carbonyl (C=O) groups excluding carboxylic acids is 1. The third-order valence-corrected chi connectivity index (χ3v) is 5.04. The first-order valence-corrected chi connectivity index (χ1v) is 9.64. The maximum Gasteiger partial charge on any atom is 0.321 e. The quantitative estimate of drug-likeness (QED) is 0.723. The lowest BCUT2D eigenvalue weighted by atomic mass is 10.2. The van der Waals surface area contributed by atoms with Crippen LogP contribution in [0.25, 0.3) is 11.5 Å². The summed E-state index contributed by atoms with van der Waals surface area (Å²) >= 11 is 0. The third kappa shape index (κ3) is 4.63. The van der Waals surface area contributed by atoms with Gasteiger partial charge in [0.1, 0.15) is 11.6 Å². The molecule has 0 saturated carbocycles. The van der Waals surface area contributed by atoms with Crippen LogP contribution in [0.4, 0.5) is 14.9 Å². The number of oxazole rings is 1. The summed E-state index contributed by atoms with van der Waals surface area (Å²) in [5.74, 6) is 1.13. The Labute approximate surface area is 169 Å². The van der Waals surface area contributed by atoms with E-state index in [1.54, 1.807) is 17.0 Å². The van der Waals surface area contributed by atoms with Crippen molar-refractivity contribution in [2.45, 2.75) is 13.5 Å². The summed E-state index contributed by atoms with van der Waals surface area (Å²) in [5.41, 5.74) is 2.47. The summed E-state index contributed by atoms with van der Waals surface area (Å²) in [4.78, 5) is 21.1. The number of nitrogens with one attached hydrogen (secondary N) is 1. The van der Waals surface area contributed by atoms with Crippen molar-refractivity contribution in [3.8, 4) is 11.5 Å². The Hall–Kier alpha value is -3.19. The normalized spacial score (nSPS) is 14.8. The van der Waals surface area contributed by atoms with Gasteiger partial charge in [0.05, 0.1) is 5.69 Å². The van der Waals surface area contributed by atoms with E-state index in [1.165, 1.54) is 12.1 Å². The molecule has 2 amide bonds. The molecule has 0 radical (unpaired) electrons. The molecule has 0 unspecified atom stereocenters. The molecule has 1 saturated heterocycles. The molecule has 3 aromatic rings. The highest BCUT2D eigenvalue weighted by Gasteiger charge is 2.23. The Morgan fingerprint density at radius 1 is 1.07 bits per heavy atom. The monoisotopic (exact) mass is 394 g/mol. The number of benzene rings is 2. The van der Waals surface area contributed by atoms with Crippen molar-refractivity contribution in [1.82, 2.24) is 14.8 Å². The van der Waals surface area contributed by atoms with Gasteiger partial charge in [-0.2, -0.15) is 0 Å². The zero-order chi connectivity index (χ0) is 20.2. The minimum absolute atomic E-state index is 0.166. The highest BCUT2D eigenvalue weighted by atomic mass is 19.1. The van der Waals surface area contributed by atoms with Crippen LogP contribution >= 0.6 is 0 Å². The van der Waals surface area contributed by atoms with E-state index < -0.39 is 0 Å². The average Bonchev–Trinajstić information content (AvgIpc) is 3.11. The molecule has 29 heavy (non-hydrogen) atoms. The molecule has 0 bridgehead atoms. The van der Waals surface area contributed by atoms with Gasteiger partial charge in [0.2, 0.25) is 5.89 Å². The van der Waals surface area contributed by atoms with Crippen LogP contribution in [0.15, 0.2) is 59.0 Å². The van der Waals surface area contributed by atoms with E-state index >= 15 is 0 Å². The Bertz CT molecular complexity index is 964. The number of carbonyl (C=O) groups is 1. The summed E-state index contributed by atoms with van der Waals surface area (Å²) < 4.78 is 18.8. The minimum Gasteiger partial charge on any atom is -0.441 e. The maximum absolute atomic E-state index is 13.0. The number of anilines is 1. The number of urea groups is 1. The summed E-state index contributed by atoms with van der Waals surface area (Å²) in [5, 5.41) is 2.81. The van der Waals surface area contributed by atoms with Crippen molar-refractivity contribution >= 4 is 11.7 Å². The summed E-state index contributed by atoms with van der Waals surface area (Å²) in [6, 6.07) is 15.5. The molecular weight excluding hydrogens is 371 g/mol.